The fourth-order valence-corrected chi connectivity index (χ4v) is 3.29. The summed E-state index contributed by atoms with van der Waals surface area (Å²) in [5.41, 5.74) is 3.70. The van der Waals surface area contributed by atoms with Gasteiger partial charge in [-0.2, -0.15) is 5.10 Å². The van der Waals surface area contributed by atoms with Crippen LogP contribution in [-0.2, 0) is 4.79 Å². The van der Waals surface area contributed by atoms with Gasteiger partial charge in [-0.3, -0.25) is 9.59 Å². The minimum atomic E-state index is -0.624. The van der Waals surface area contributed by atoms with Gasteiger partial charge in [-0.1, -0.05) is 30.3 Å². The third kappa shape index (κ3) is 3.18. The Bertz CT molecular complexity index is 1140. The number of nitrogens with one attached hydrogen (secondary N) is 2. The molecule has 28 heavy (non-hydrogen) atoms. The number of ketones is 1. The third-order valence-electron chi connectivity index (χ3n) is 4.75. The predicted octanol–water partition coefficient (Wildman–Crippen LogP) is 3.12. The molecule has 2 aromatic heterocycles. The zero-order valence-corrected chi connectivity index (χ0v) is 15.5. The van der Waals surface area contributed by atoms with Crippen LogP contribution < -0.4 is 5.32 Å². The Kier molecular flexibility index (Phi) is 4.49. The van der Waals surface area contributed by atoms with Crippen molar-refractivity contribution in [3.05, 3.63) is 78.0 Å². The molecular formula is C21H19N5O2. The van der Waals surface area contributed by atoms with E-state index in [9.17, 15) is 9.59 Å². The number of aryl methyl sites for hydroxylation is 1. The fraction of sp³-hybridized carbons (Fsp3) is 0.143. The second-order valence-electron chi connectivity index (χ2n) is 6.63. The highest BCUT2D eigenvalue weighted by atomic mass is 16.2. The minimum Gasteiger partial charge on any atom is -0.358 e. The van der Waals surface area contributed by atoms with Crippen molar-refractivity contribution < 1.29 is 9.59 Å². The Labute approximate surface area is 161 Å². The predicted molar refractivity (Wildman–Crippen MR) is 105 cm³/mol. The summed E-state index contributed by atoms with van der Waals surface area (Å²) in [6, 6.07) is 14.7. The van der Waals surface area contributed by atoms with Gasteiger partial charge in [-0.15, -0.1) is 0 Å². The van der Waals surface area contributed by atoms with E-state index >= 15 is 0 Å². The number of nitrogens with zero attached hydrogens (tertiary/aromatic N) is 3. The van der Waals surface area contributed by atoms with Gasteiger partial charge in [0.2, 0.25) is 0 Å². The van der Waals surface area contributed by atoms with Crippen LogP contribution in [0.5, 0.6) is 0 Å². The van der Waals surface area contributed by atoms with E-state index in [-0.39, 0.29) is 6.04 Å². The number of hydrogen-bond donors (Lipinski definition) is 2. The highest BCUT2D eigenvalue weighted by Crippen LogP contribution is 2.23. The molecule has 7 nitrogen and oxygen atoms in total. The molecule has 2 aromatic carbocycles. The minimum absolute atomic E-state index is 0.313. The molecule has 0 radical (unpaired) electrons. The van der Waals surface area contributed by atoms with Gasteiger partial charge < -0.3 is 10.3 Å². The molecule has 0 aliphatic rings. The van der Waals surface area contributed by atoms with Crippen molar-refractivity contribution in [1.29, 1.82) is 0 Å². The summed E-state index contributed by atoms with van der Waals surface area (Å²) < 4.78 is 1.65. The van der Waals surface area contributed by atoms with Crippen LogP contribution in [0.3, 0.4) is 0 Å². The summed E-state index contributed by atoms with van der Waals surface area (Å²) in [6.45, 7) is 3.64. The summed E-state index contributed by atoms with van der Waals surface area (Å²) in [6.07, 6.45) is 3.08. The fourth-order valence-electron chi connectivity index (χ4n) is 3.29. The molecule has 1 atom stereocenters. The molecule has 4 aromatic rings. The number of para-hydroxylation sites is 1. The SMILES string of the molecule is Cc1[nH]c2ccccc2c1C(=O)C(=O)NC(C)c1ccc(-n2cncn2)cc1. The zero-order valence-electron chi connectivity index (χ0n) is 15.5. The number of rotatable bonds is 5. The maximum Gasteiger partial charge on any atom is 0.292 e. The lowest BCUT2D eigenvalue weighted by Gasteiger charge is -2.14. The smallest absolute Gasteiger partial charge is 0.292 e. The Balaban J connectivity index is 1.51. The van der Waals surface area contributed by atoms with E-state index in [2.05, 4.69) is 20.4 Å². The Morgan fingerprint density at radius 1 is 1.11 bits per heavy atom. The molecule has 0 aliphatic carbocycles. The molecule has 0 spiro atoms. The van der Waals surface area contributed by atoms with Crippen molar-refractivity contribution in [2.75, 3.05) is 0 Å². The van der Waals surface area contributed by atoms with Crippen LogP contribution in [0.4, 0.5) is 0 Å². The number of benzene rings is 2. The van der Waals surface area contributed by atoms with Gasteiger partial charge in [0.25, 0.3) is 11.7 Å². The normalized spacial score (nSPS) is 12.1. The number of Topliss-reactive ketones (excluding diaryl/α,β-unsaturated/α-hetero) is 1. The first-order valence-corrected chi connectivity index (χ1v) is 8.92. The van der Waals surface area contributed by atoms with Gasteiger partial charge in [0.15, 0.2) is 0 Å². The number of H-pyrrole nitrogens is 1. The van der Waals surface area contributed by atoms with E-state index < -0.39 is 11.7 Å². The van der Waals surface area contributed by atoms with Gasteiger partial charge in [0.05, 0.1) is 17.3 Å². The van der Waals surface area contributed by atoms with E-state index in [1.807, 2.05) is 55.5 Å². The summed E-state index contributed by atoms with van der Waals surface area (Å²) in [5.74, 6) is -1.17. The first kappa shape index (κ1) is 17.7. The van der Waals surface area contributed by atoms with Crippen LogP contribution in [0.15, 0.2) is 61.2 Å². The van der Waals surface area contributed by atoms with Crippen LogP contribution >= 0.6 is 0 Å². The third-order valence-corrected chi connectivity index (χ3v) is 4.75. The summed E-state index contributed by atoms with van der Waals surface area (Å²) >= 11 is 0. The summed E-state index contributed by atoms with van der Waals surface area (Å²) in [4.78, 5) is 32.4. The van der Waals surface area contributed by atoms with Gasteiger partial charge in [-0.25, -0.2) is 9.67 Å². The molecule has 140 valence electrons. The number of fused-ring (bicyclic) bond motifs is 1. The zero-order chi connectivity index (χ0) is 19.7. The molecule has 7 heteroatoms. The van der Waals surface area contributed by atoms with Gasteiger partial charge in [0, 0.05) is 16.6 Å². The number of carbonyl (C=O) groups is 2. The lowest BCUT2D eigenvalue weighted by Crippen LogP contribution is -2.33. The number of amides is 1. The molecule has 0 aliphatic heterocycles. The van der Waals surface area contributed by atoms with Crippen molar-refractivity contribution in [3.63, 3.8) is 0 Å². The number of aromatic nitrogens is 4. The number of carbonyl (C=O) groups excluding carboxylic acids is 2. The second-order valence-corrected chi connectivity index (χ2v) is 6.63. The molecule has 0 saturated carbocycles. The van der Waals surface area contributed by atoms with Crippen LogP contribution in [-0.4, -0.2) is 31.4 Å². The summed E-state index contributed by atoms with van der Waals surface area (Å²) in [7, 11) is 0. The van der Waals surface area contributed by atoms with Crippen LogP contribution in [0.25, 0.3) is 16.6 Å². The first-order valence-electron chi connectivity index (χ1n) is 8.92. The van der Waals surface area contributed by atoms with Gasteiger partial charge in [0.1, 0.15) is 12.7 Å². The molecule has 1 unspecified atom stereocenters. The largest absolute Gasteiger partial charge is 0.358 e. The topological polar surface area (TPSA) is 92.7 Å². The molecule has 2 N–H and O–H groups in total. The van der Waals surface area contributed by atoms with Crippen LogP contribution in [0, 0.1) is 6.92 Å². The van der Waals surface area contributed by atoms with Crippen molar-refractivity contribution in [2.45, 2.75) is 19.9 Å². The standard InChI is InChI=1S/C21H19N5O2/c1-13(15-7-9-16(10-8-15)26-12-22-11-23-26)25-21(28)20(27)19-14(2)24-18-6-4-3-5-17(18)19/h3-13,24H,1-2H3,(H,25,28). The maximum absolute atomic E-state index is 12.8. The highest BCUT2D eigenvalue weighted by Gasteiger charge is 2.24. The monoisotopic (exact) mass is 373 g/mol. The quantitative estimate of drug-likeness (QED) is 0.415. The molecule has 1 amide bonds. The van der Waals surface area contributed by atoms with Gasteiger partial charge >= 0.3 is 0 Å². The molecule has 2 heterocycles. The average Bonchev–Trinajstić information content (AvgIpc) is 3.34. The molecule has 0 saturated heterocycles. The molecule has 0 fully saturated rings. The Hall–Kier alpha value is -3.74. The number of hydrogen-bond acceptors (Lipinski definition) is 4. The van der Waals surface area contributed by atoms with Crippen LogP contribution in [0.2, 0.25) is 0 Å². The maximum atomic E-state index is 12.8. The van der Waals surface area contributed by atoms with E-state index in [1.165, 1.54) is 6.33 Å². The van der Waals surface area contributed by atoms with E-state index in [1.54, 1.807) is 17.9 Å². The van der Waals surface area contributed by atoms with Crippen molar-refractivity contribution in [1.82, 2.24) is 25.1 Å². The Morgan fingerprint density at radius 3 is 2.57 bits per heavy atom. The van der Waals surface area contributed by atoms with Crippen molar-refractivity contribution >= 4 is 22.6 Å². The summed E-state index contributed by atoms with van der Waals surface area (Å²) in [5, 5.41) is 7.63. The lowest BCUT2D eigenvalue weighted by atomic mass is 10.0. The van der Waals surface area contributed by atoms with E-state index in [4.69, 9.17) is 0 Å². The number of aromatic amines is 1. The van der Waals surface area contributed by atoms with Crippen molar-refractivity contribution in [2.24, 2.45) is 0 Å². The molecule has 4 rings (SSSR count). The van der Waals surface area contributed by atoms with Gasteiger partial charge in [-0.05, 0) is 37.6 Å². The Morgan fingerprint density at radius 2 is 1.86 bits per heavy atom. The average molecular weight is 373 g/mol. The highest BCUT2D eigenvalue weighted by molar-refractivity contribution is 6.45. The molecular weight excluding hydrogens is 354 g/mol. The molecule has 0 bridgehead atoms. The second kappa shape index (κ2) is 7.11. The lowest BCUT2D eigenvalue weighted by molar-refractivity contribution is -0.117. The van der Waals surface area contributed by atoms with Crippen LogP contribution in [0.1, 0.15) is 34.6 Å². The first-order chi connectivity index (χ1) is 13.5. The van der Waals surface area contributed by atoms with Crippen molar-refractivity contribution in [3.8, 4) is 5.69 Å². The van der Waals surface area contributed by atoms with E-state index in [0.29, 0.717) is 11.3 Å². The van der Waals surface area contributed by atoms with E-state index in [0.717, 1.165) is 22.2 Å².